The molecule has 2 aliphatic rings. The van der Waals surface area contributed by atoms with Crippen molar-refractivity contribution in [2.45, 2.75) is 77.2 Å². The Bertz CT molecular complexity index is 1600. The van der Waals surface area contributed by atoms with E-state index in [1.54, 1.807) is 12.1 Å². The van der Waals surface area contributed by atoms with Crippen molar-refractivity contribution in [3.8, 4) is 5.75 Å². The van der Waals surface area contributed by atoms with Crippen LogP contribution in [0.4, 0.5) is 35.1 Å². The van der Waals surface area contributed by atoms with Crippen LogP contribution >= 0.6 is 0 Å². The van der Waals surface area contributed by atoms with Gasteiger partial charge in [-0.05, 0) is 91.3 Å². The minimum absolute atomic E-state index is 0.0220. The lowest BCUT2D eigenvalue weighted by molar-refractivity contribution is -0.189. The molecular formula is C37H37F8NO. The van der Waals surface area contributed by atoms with Gasteiger partial charge < -0.3 is 10.1 Å². The molecule has 1 fully saturated rings. The molecule has 0 atom stereocenters. The molecule has 252 valence electrons. The lowest BCUT2D eigenvalue weighted by atomic mass is 9.76. The standard InChI is InChI=1S/C37H37F8NO/c1-2-3-4-5-22-6-9-24(10-7-22)27-14-15-34(46-21-27)26-13-12-25(29(38)18-26)11-8-23-16-30(39)35(31(40)17-23)37(44,45)47-28-19-32(41)36(43)33(42)20-28/h12-20,22,24,46H,2-11,21H2,1H3. The van der Waals surface area contributed by atoms with Gasteiger partial charge in [0.05, 0.1) is 0 Å². The van der Waals surface area contributed by atoms with E-state index in [0.717, 1.165) is 11.6 Å². The Labute approximate surface area is 269 Å². The maximum Gasteiger partial charge on any atom is 0.432 e. The third-order valence-electron chi connectivity index (χ3n) is 9.18. The molecule has 0 bridgehead atoms. The molecule has 5 rings (SSSR count). The van der Waals surface area contributed by atoms with Crippen LogP contribution in [0.3, 0.4) is 0 Å². The van der Waals surface area contributed by atoms with E-state index in [0.29, 0.717) is 30.2 Å². The van der Waals surface area contributed by atoms with Gasteiger partial charge >= 0.3 is 6.11 Å². The van der Waals surface area contributed by atoms with Crippen molar-refractivity contribution in [1.82, 2.24) is 5.32 Å². The van der Waals surface area contributed by atoms with E-state index in [1.165, 1.54) is 63.0 Å². The number of benzene rings is 3. The average Bonchev–Trinajstić information content (AvgIpc) is 3.03. The number of dihydropyridines is 1. The van der Waals surface area contributed by atoms with Crippen LogP contribution in [-0.4, -0.2) is 6.54 Å². The zero-order valence-electron chi connectivity index (χ0n) is 26.1. The lowest BCUT2D eigenvalue weighted by Gasteiger charge is -2.32. The van der Waals surface area contributed by atoms with Crippen molar-refractivity contribution in [3.05, 3.63) is 117 Å². The third kappa shape index (κ3) is 8.37. The number of nitrogens with one attached hydrogen (secondary N) is 1. The Kier molecular flexibility index (Phi) is 11.0. The molecule has 1 saturated carbocycles. The Morgan fingerprint density at radius 2 is 1.45 bits per heavy atom. The molecule has 0 spiro atoms. The Hall–Kier alpha value is -3.82. The molecule has 1 aliphatic heterocycles. The first-order chi connectivity index (χ1) is 22.4. The maximum atomic E-state index is 15.1. The van der Waals surface area contributed by atoms with Crippen LogP contribution in [-0.2, 0) is 19.0 Å². The molecule has 1 aliphatic carbocycles. The number of unbranched alkanes of at least 4 members (excludes halogenated alkanes) is 2. The van der Waals surface area contributed by atoms with Gasteiger partial charge in [0.2, 0.25) is 0 Å². The first kappa shape index (κ1) is 34.5. The molecule has 1 N–H and O–H groups in total. The summed E-state index contributed by atoms with van der Waals surface area (Å²) in [4.78, 5) is 0. The Morgan fingerprint density at radius 3 is 2.04 bits per heavy atom. The second-order valence-corrected chi connectivity index (χ2v) is 12.4. The number of aryl methyl sites for hydroxylation is 2. The minimum atomic E-state index is -4.68. The zero-order chi connectivity index (χ0) is 33.7. The molecule has 1 heterocycles. The van der Waals surface area contributed by atoms with Crippen LogP contribution in [0.2, 0.25) is 0 Å². The highest BCUT2D eigenvalue weighted by molar-refractivity contribution is 5.67. The maximum absolute atomic E-state index is 15.1. The molecule has 47 heavy (non-hydrogen) atoms. The van der Waals surface area contributed by atoms with Gasteiger partial charge in [0.25, 0.3) is 0 Å². The van der Waals surface area contributed by atoms with Crippen LogP contribution in [0, 0.1) is 46.7 Å². The van der Waals surface area contributed by atoms with Gasteiger partial charge in [0, 0.05) is 29.9 Å². The largest absolute Gasteiger partial charge is 0.432 e. The van der Waals surface area contributed by atoms with Crippen molar-refractivity contribution < 1.29 is 39.9 Å². The number of alkyl halides is 2. The normalized spacial score (nSPS) is 18.4. The number of halogens is 8. The predicted molar refractivity (Wildman–Crippen MR) is 165 cm³/mol. The second kappa shape index (κ2) is 14.9. The fourth-order valence-corrected chi connectivity index (χ4v) is 6.52. The Morgan fingerprint density at radius 1 is 0.766 bits per heavy atom. The fraction of sp³-hybridized carbons (Fsp3) is 0.405. The number of rotatable bonds is 12. The second-order valence-electron chi connectivity index (χ2n) is 12.4. The van der Waals surface area contributed by atoms with Crippen molar-refractivity contribution >= 4 is 5.70 Å². The summed E-state index contributed by atoms with van der Waals surface area (Å²) in [6.07, 6.45) is 9.49. The Balaban J connectivity index is 1.19. The summed E-state index contributed by atoms with van der Waals surface area (Å²) in [6, 6.07) is 6.30. The van der Waals surface area contributed by atoms with Gasteiger partial charge in [-0.1, -0.05) is 50.8 Å². The van der Waals surface area contributed by atoms with Crippen LogP contribution in [0.25, 0.3) is 5.70 Å². The van der Waals surface area contributed by atoms with Gasteiger partial charge in [-0.15, -0.1) is 0 Å². The van der Waals surface area contributed by atoms with Crippen molar-refractivity contribution in [3.63, 3.8) is 0 Å². The topological polar surface area (TPSA) is 21.3 Å². The first-order valence-electron chi connectivity index (χ1n) is 16.1. The lowest BCUT2D eigenvalue weighted by Crippen LogP contribution is -2.25. The summed E-state index contributed by atoms with van der Waals surface area (Å²) in [5.74, 6) is -9.18. The van der Waals surface area contributed by atoms with E-state index in [2.05, 4.69) is 23.1 Å². The van der Waals surface area contributed by atoms with E-state index in [1.807, 2.05) is 6.08 Å². The summed E-state index contributed by atoms with van der Waals surface area (Å²) < 4.78 is 118. The third-order valence-corrected chi connectivity index (χ3v) is 9.18. The molecule has 3 aromatic rings. The van der Waals surface area contributed by atoms with E-state index in [9.17, 15) is 30.7 Å². The molecule has 0 unspecified atom stereocenters. The van der Waals surface area contributed by atoms with Crippen LogP contribution < -0.4 is 10.1 Å². The monoisotopic (exact) mass is 663 g/mol. The predicted octanol–water partition coefficient (Wildman–Crippen LogP) is 10.7. The van der Waals surface area contributed by atoms with Crippen molar-refractivity contribution in [2.24, 2.45) is 11.8 Å². The van der Waals surface area contributed by atoms with Crippen molar-refractivity contribution in [1.29, 1.82) is 0 Å². The quantitative estimate of drug-likeness (QED) is 0.118. The molecule has 0 aromatic heterocycles. The summed E-state index contributed by atoms with van der Waals surface area (Å²) in [5, 5.41) is 3.41. The minimum Gasteiger partial charge on any atom is -0.429 e. The van der Waals surface area contributed by atoms with Gasteiger partial charge in [0.15, 0.2) is 17.5 Å². The number of hydrogen-bond acceptors (Lipinski definition) is 2. The van der Waals surface area contributed by atoms with E-state index in [-0.39, 0.29) is 36.1 Å². The highest BCUT2D eigenvalue weighted by atomic mass is 19.3. The summed E-state index contributed by atoms with van der Waals surface area (Å²) in [6.45, 7) is 2.93. The molecule has 2 nitrogen and oxygen atoms in total. The molecule has 0 saturated heterocycles. The summed E-state index contributed by atoms with van der Waals surface area (Å²) in [7, 11) is 0. The smallest absolute Gasteiger partial charge is 0.429 e. The zero-order valence-corrected chi connectivity index (χ0v) is 26.1. The molecule has 3 aromatic carbocycles. The molecule has 0 amide bonds. The van der Waals surface area contributed by atoms with Gasteiger partial charge in [0.1, 0.15) is 28.8 Å². The molecular weight excluding hydrogens is 626 g/mol. The van der Waals surface area contributed by atoms with Gasteiger partial charge in [-0.3, -0.25) is 0 Å². The first-order valence-corrected chi connectivity index (χ1v) is 16.1. The summed E-state index contributed by atoms with van der Waals surface area (Å²) >= 11 is 0. The number of ether oxygens (including phenoxy) is 1. The fourth-order valence-electron chi connectivity index (χ4n) is 6.52. The molecule has 0 radical (unpaired) electrons. The highest BCUT2D eigenvalue weighted by Crippen LogP contribution is 2.38. The summed E-state index contributed by atoms with van der Waals surface area (Å²) in [5.41, 5.74) is 1.28. The van der Waals surface area contributed by atoms with Gasteiger partial charge in [-0.2, -0.15) is 8.78 Å². The molecule has 10 heteroatoms. The van der Waals surface area contributed by atoms with E-state index < -0.39 is 52.3 Å². The van der Waals surface area contributed by atoms with Gasteiger partial charge in [-0.25, -0.2) is 26.3 Å². The van der Waals surface area contributed by atoms with Crippen LogP contribution in [0.1, 0.15) is 80.5 Å². The number of allylic oxidation sites excluding steroid dienone is 2. The van der Waals surface area contributed by atoms with Crippen LogP contribution in [0.15, 0.2) is 60.2 Å². The van der Waals surface area contributed by atoms with E-state index in [4.69, 9.17) is 0 Å². The SMILES string of the molecule is CCCCCC1CCC(C2=CC=C(c3ccc(CCc4cc(F)c(C(F)(F)Oc5cc(F)c(F)c(F)c5)c(F)c4)c(F)c3)NC2)CC1. The van der Waals surface area contributed by atoms with E-state index >= 15 is 4.39 Å². The average molecular weight is 664 g/mol. The highest BCUT2D eigenvalue weighted by Gasteiger charge is 2.41. The number of hydrogen-bond donors (Lipinski definition) is 1. The van der Waals surface area contributed by atoms with Crippen LogP contribution in [0.5, 0.6) is 5.75 Å². The van der Waals surface area contributed by atoms with Crippen molar-refractivity contribution in [2.75, 3.05) is 6.54 Å².